The fourth-order valence-electron chi connectivity index (χ4n) is 7.92. The minimum atomic E-state index is -2.16. The molecule has 0 radical (unpaired) electrons. The van der Waals surface area contributed by atoms with Crippen molar-refractivity contribution in [2.75, 3.05) is 0 Å². The molecule has 1 aliphatic rings. The average Bonchev–Trinajstić information content (AvgIpc) is 3.62. The topological polar surface area (TPSA) is 52.2 Å². The predicted octanol–water partition coefficient (Wildman–Crippen LogP) is 14.8. The molecule has 1 aliphatic heterocycles. The molecule has 5 heteroatoms. The summed E-state index contributed by atoms with van der Waals surface area (Å²) in [5, 5.41) is 17.3. The van der Waals surface area contributed by atoms with Crippen LogP contribution in [0.5, 0.6) is 5.75 Å². The molecule has 2 heterocycles. The Kier molecular flexibility index (Phi) is 10.5. The van der Waals surface area contributed by atoms with Crippen molar-refractivity contribution in [2.45, 2.75) is 91.5 Å². The molecule has 4 nitrogen and oxygen atoms in total. The van der Waals surface area contributed by atoms with Gasteiger partial charge in [0, 0.05) is 15.2 Å². The molecular formula is C55H55N3OPt. The number of fused-ring (bicyclic) bond motifs is 1. The van der Waals surface area contributed by atoms with Crippen LogP contribution >= 0.6 is 0 Å². The summed E-state index contributed by atoms with van der Waals surface area (Å²) in [6, 6.07) is 44.4. The van der Waals surface area contributed by atoms with Gasteiger partial charge in [-0.1, -0.05) is 183 Å². The summed E-state index contributed by atoms with van der Waals surface area (Å²) < 4.78 is 25.7. The standard InChI is InChI=1S/C55H55N3O.Pt/c1-35-23-25-36(26-24-35)38-27-28-56-47(32-38)40-29-39(30-41(31-40)53(2,3)4)44-20-16-22-49-50(44)57-52(45-33-42(54(5,6)7)34-46(51(45)59)55(8,9)10)58(49)48-21-15-14-19-43(48)37-17-12-11-13-18-37;/h11-28,30-34,47H,1-10H3,(H,57,59);/q-2;+2/i1D3;. The van der Waals surface area contributed by atoms with Crippen LogP contribution in [0.3, 0.4) is 0 Å². The fourth-order valence-corrected chi connectivity index (χ4v) is 7.92. The first-order valence-electron chi connectivity index (χ1n) is 22.0. The molecule has 1 unspecified atom stereocenters. The van der Waals surface area contributed by atoms with Crippen LogP contribution in [0.25, 0.3) is 61.3 Å². The Labute approximate surface area is 375 Å². The van der Waals surface area contributed by atoms with E-state index in [2.05, 4.69) is 170 Å². The van der Waals surface area contributed by atoms with E-state index >= 15 is 0 Å². The number of allylic oxidation sites excluding steroid dienone is 2. The van der Waals surface area contributed by atoms with Crippen molar-refractivity contribution in [3.8, 4) is 45.1 Å². The monoisotopic (exact) mass is 971 g/mol. The van der Waals surface area contributed by atoms with Gasteiger partial charge in [-0.15, -0.1) is 34.9 Å². The van der Waals surface area contributed by atoms with Gasteiger partial charge in [0.15, 0.2) is 0 Å². The number of aromatic hydroxyl groups is 1. The zero-order valence-electron chi connectivity index (χ0n) is 39.0. The van der Waals surface area contributed by atoms with Crippen LogP contribution in [0.4, 0.5) is 0 Å². The molecule has 306 valence electrons. The van der Waals surface area contributed by atoms with E-state index < -0.39 is 6.85 Å². The first kappa shape index (κ1) is 38.7. The summed E-state index contributed by atoms with van der Waals surface area (Å²) in [6.45, 7) is 17.5. The van der Waals surface area contributed by atoms with E-state index in [0.717, 1.165) is 72.4 Å². The first-order chi connectivity index (χ1) is 29.2. The number of para-hydroxylation sites is 2. The maximum atomic E-state index is 12.4. The second-order valence-corrected chi connectivity index (χ2v) is 18.8. The third-order valence-corrected chi connectivity index (χ3v) is 11.4. The van der Waals surface area contributed by atoms with Gasteiger partial charge in [0.05, 0.1) is 22.3 Å². The van der Waals surface area contributed by atoms with E-state index in [-0.39, 0.29) is 49.1 Å². The summed E-state index contributed by atoms with van der Waals surface area (Å²) in [4.78, 5) is 5.58. The molecule has 0 aliphatic carbocycles. The molecule has 7 aromatic rings. The summed E-state index contributed by atoms with van der Waals surface area (Å²) in [5.74, 6) is 0.883. The van der Waals surface area contributed by atoms with Gasteiger partial charge in [-0.05, 0) is 63.6 Å². The molecule has 0 saturated carbocycles. The van der Waals surface area contributed by atoms with Crippen molar-refractivity contribution in [3.63, 3.8) is 0 Å². The Hall–Kier alpha value is -5.44. The zero-order chi connectivity index (χ0) is 44.4. The molecule has 0 saturated heterocycles. The Morgan fingerprint density at radius 1 is 0.683 bits per heavy atom. The quantitative estimate of drug-likeness (QED) is 0.169. The molecular weight excluding hydrogens is 914 g/mol. The van der Waals surface area contributed by atoms with Crippen LogP contribution in [0.15, 0.2) is 140 Å². The van der Waals surface area contributed by atoms with Gasteiger partial charge in [0.1, 0.15) is 11.6 Å². The summed E-state index contributed by atoms with van der Waals surface area (Å²) in [7, 11) is 0. The SMILES string of the molecule is [2H]C([2H])([2H])c1ccc(C2=CC(c3[c-]c(-c4cccc5c4nc(-c4cc(C(C)(C)C)cc(C(C)(C)C)c4O)n5-c4ccccc4-c4ccccc4)cc(C(C)(C)C)c3)[N-]C=C2)cc1.[Pt+2]. The van der Waals surface area contributed by atoms with Gasteiger partial charge in [-0.2, -0.15) is 6.20 Å². The maximum absolute atomic E-state index is 12.4. The molecule has 1 atom stereocenters. The second-order valence-electron chi connectivity index (χ2n) is 18.8. The Bertz CT molecular complexity index is 2870. The van der Waals surface area contributed by atoms with Gasteiger partial charge in [0.2, 0.25) is 0 Å². The third-order valence-electron chi connectivity index (χ3n) is 11.4. The van der Waals surface area contributed by atoms with Gasteiger partial charge < -0.3 is 10.4 Å². The number of hydrogen-bond donors (Lipinski definition) is 1. The number of benzene rings is 6. The van der Waals surface area contributed by atoms with Crippen LogP contribution in [-0.4, -0.2) is 14.7 Å². The van der Waals surface area contributed by atoms with Crippen LogP contribution in [0, 0.1) is 12.9 Å². The number of aryl methyl sites for hydroxylation is 1. The molecule has 0 amide bonds. The minimum absolute atomic E-state index is 0. The van der Waals surface area contributed by atoms with Crippen LogP contribution in [0.1, 0.15) is 106 Å². The van der Waals surface area contributed by atoms with Crippen LogP contribution in [0.2, 0.25) is 0 Å². The Balaban J connectivity index is 0.00000595. The van der Waals surface area contributed by atoms with Crippen LogP contribution < -0.4 is 0 Å². The van der Waals surface area contributed by atoms with E-state index in [4.69, 9.17) is 14.4 Å². The number of rotatable bonds is 6. The summed E-state index contributed by atoms with van der Waals surface area (Å²) in [5.41, 5.74) is 12.8. The van der Waals surface area contributed by atoms with Crippen molar-refractivity contribution in [1.82, 2.24) is 9.55 Å². The largest absolute Gasteiger partial charge is 2.00 e. The molecule has 0 bridgehead atoms. The van der Waals surface area contributed by atoms with Crippen molar-refractivity contribution in [3.05, 3.63) is 184 Å². The van der Waals surface area contributed by atoms with Crippen molar-refractivity contribution < 1.29 is 30.3 Å². The van der Waals surface area contributed by atoms with Crippen LogP contribution in [-0.2, 0) is 37.3 Å². The van der Waals surface area contributed by atoms with Gasteiger partial charge in [-0.3, -0.25) is 4.57 Å². The average molecular weight is 972 g/mol. The molecule has 1 aromatic heterocycles. The minimum Gasteiger partial charge on any atom is -0.682 e. The second kappa shape index (κ2) is 16.2. The first-order valence-corrected chi connectivity index (χ1v) is 20.5. The third kappa shape index (κ3) is 8.32. The van der Waals surface area contributed by atoms with E-state index in [9.17, 15) is 5.11 Å². The van der Waals surface area contributed by atoms with E-state index in [1.54, 1.807) is 12.1 Å². The molecule has 60 heavy (non-hydrogen) atoms. The van der Waals surface area contributed by atoms with E-state index in [1.807, 2.05) is 30.5 Å². The van der Waals surface area contributed by atoms with Gasteiger partial charge >= 0.3 is 21.1 Å². The van der Waals surface area contributed by atoms with E-state index in [0.29, 0.717) is 17.0 Å². The number of nitrogens with zero attached hydrogens (tertiary/aromatic N) is 3. The predicted molar refractivity (Wildman–Crippen MR) is 248 cm³/mol. The van der Waals surface area contributed by atoms with Gasteiger partial charge in [0.25, 0.3) is 0 Å². The van der Waals surface area contributed by atoms with Crippen molar-refractivity contribution >= 4 is 16.6 Å². The summed E-state index contributed by atoms with van der Waals surface area (Å²) in [6.07, 6.45) is 5.92. The maximum Gasteiger partial charge on any atom is 2.00 e. The molecule has 0 spiro atoms. The number of imidazole rings is 1. The molecule has 0 fully saturated rings. The smallest absolute Gasteiger partial charge is 0.682 e. The molecule has 8 rings (SSSR count). The molecule has 1 N–H and O–H groups in total. The number of phenolic OH excluding ortho intramolecular Hbond substituents is 1. The Morgan fingerprint density at radius 2 is 1.35 bits per heavy atom. The molecule has 6 aromatic carbocycles. The summed E-state index contributed by atoms with van der Waals surface area (Å²) >= 11 is 0. The van der Waals surface area contributed by atoms with Crippen molar-refractivity contribution in [1.29, 1.82) is 0 Å². The van der Waals surface area contributed by atoms with E-state index in [1.165, 1.54) is 0 Å². The number of hydrogen-bond acceptors (Lipinski definition) is 2. The zero-order valence-corrected chi connectivity index (χ0v) is 38.2. The number of aromatic nitrogens is 2. The van der Waals surface area contributed by atoms with Gasteiger partial charge in [-0.25, -0.2) is 4.98 Å². The number of phenols is 1. The Morgan fingerprint density at radius 3 is 2.03 bits per heavy atom. The van der Waals surface area contributed by atoms with Crippen molar-refractivity contribution in [2.24, 2.45) is 0 Å². The fraction of sp³-hybridized carbons (Fsp3) is 0.255. The normalized spacial score (nSPS) is 15.4.